The molecule has 23 heavy (non-hydrogen) atoms. The number of methoxy groups -OCH3 is 1. The van der Waals surface area contributed by atoms with Crippen LogP contribution in [0.25, 0.3) is 0 Å². The average Bonchev–Trinajstić information content (AvgIpc) is 2.94. The van der Waals surface area contributed by atoms with Gasteiger partial charge in [0.25, 0.3) is 10.7 Å². The van der Waals surface area contributed by atoms with E-state index in [2.05, 4.69) is 5.10 Å². The Labute approximate surface area is 140 Å². The molecule has 1 saturated heterocycles. The van der Waals surface area contributed by atoms with E-state index in [0.717, 1.165) is 18.2 Å². The highest BCUT2D eigenvalue weighted by Gasteiger charge is 2.16. The van der Waals surface area contributed by atoms with Crippen molar-refractivity contribution in [2.75, 3.05) is 20.2 Å². The average molecular weight is 336 g/mol. The molecule has 0 unspecified atom stereocenters. The molecule has 1 aliphatic heterocycles. The van der Waals surface area contributed by atoms with Crippen LogP contribution in [0.4, 0.5) is 0 Å². The van der Waals surface area contributed by atoms with Crippen molar-refractivity contribution in [3.05, 3.63) is 35.0 Å². The zero-order chi connectivity index (χ0) is 16.1. The maximum Gasteiger partial charge on any atom is 0.291 e. The standard InChI is InChI=1S/C16H21N3O3S/c1-20-13-5-7-14(8-6-13)21-11-15-17-19(16(23)22-15)12-18-9-3-2-4-10-18/h5-8H,2-4,9-12H2,1H3/p+1. The smallest absolute Gasteiger partial charge is 0.291 e. The van der Waals surface area contributed by atoms with Crippen LogP contribution in [0.2, 0.25) is 0 Å². The molecule has 0 amide bonds. The van der Waals surface area contributed by atoms with E-state index in [1.165, 1.54) is 37.3 Å². The second kappa shape index (κ2) is 7.61. The molecule has 0 spiro atoms. The molecular formula is C16H22N3O3S+. The Morgan fingerprint density at radius 2 is 1.87 bits per heavy atom. The van der Waals surface area contributed by atoms with Crippen molar-refractivity contribution in [1.29, 1.82) is 0 Å². The number of benzene rings is 1. The van der Waals surface area contributed by atoms with Crippen molar-refractivity contribution >= 4 is 12.2 Å². The number of rotatable bonds is 6. The Morgan fingerprint density at radius 3 is 2.57 bits per heavy atom. The Hall–Kier alpha value is -1.86. The van der Waals surface area contributed by atoms with Crippen LogP contribution in [0.5, 0.6) is 11.5 Å². The number of piperidine rings is 1. The molecular weight excluding hydrogens is 314 g/mol. The monoisotopic (exact) mass is 336 g/mol. The minimum Gasteiger partial charge on any atom is -0.497 e. The lowest BCUT2D eigenvalue weighted by molar-refractivity contribution is -0.928. The lowest BCUT2D eigenvalue weighted by Gasteiger charge is -2.22. The van der Waals surface area contributed by atoms with Crippen LogP contribution in [0.3, 0.4) is 0 Å². The predicted molar refractivity (Wildman–Crippen MR) is 87.2 cm³/mol. The van der Waals surface area contributed by atoms with Gasteiger partial charge < -0.3 is 18.8 Å². The largest absolute Gasteiger partial charge is 0.497 e. The number of hydrogen-bond donors (Lipinski definition) is 1. The lowest BCUT2D eigenvalue weighted by atomic mass is 10.1. The van der Waals surface area contributed by atoms with E-state index < -0.39 is 0 Å². The summed E-state index contributed by atoms with van der Waals surface area (Å²) >= 11 is 5.25. The van der Waals surface area contributed by atoms with Gasteiger partial charge in [0.05, 0.1) is 20.2 Å². The molecule has 1 N–H and O–H groups in total. The summed E-state index contributed by atoms with van der Waals surface area (Å²) in [5.41, 5.74) is 0. The van der Waals surface area contributed by atoms with Crippen molar-refractivity contribution in [1.82, 2.24) is 9.78 Å². The van der Waals surface area contributed by atoms with Gasteiger partial charge in [-0.3, -0.25) is 0 Å². The fraction of sp³-hybridized carbons (Fsp3) is 0.500. The summed E-state index contributed by atoms with van der Waals surface area (Å²) in [6.07, 6.45) is 3.87. The Balaban J connectivity index is 1.57. The summed E-state index contributed by atoms with van der Waals surface area (Å²) in [6.45, 7) is 3.38. The first-order valence-electron chi connectivity index (χ1n) is 7.92. The summed E-state index contributed by atoms with van der Waals surface area (Å²) in [7, 11) is 1.64. The van der Waals surface area contributed by atoms with E-state index in [1.807, 2.05) is 24.3 Å². The van der Waals surface area contributed by atoms with Crippen LogP contribution in [0.1, 0.15) is 25.2 Å². The molecule has 2 heterocycles. The molecule has 1 aliphatic rings. The van der Waals surface area contributed by atoms with Gasteiger partial charge in [-0.1, -0.05) is 0 Å². The van der Waals surface area contributed by atoms with Gasteiger partial charge >= 0.3 is 0 Å². The highest BCUT2D eigenvalue weighted by Crippen LogP contribution is 2.18. The van der Waals surface area contributed by atoms with Gasteiger partial charge in [0.15, 0.2) is 13.3 Å². The minimum atomic E-state index is 0.262. The molecule has 0 saturated carbocycles. The van der Waals surface area contributed by atoms with Gasteiger partial charge in [0.1, 0.15) is 11.5 Å². The first-order chi connectivity index (χ1) is 11.2. The summed E-state index contributed by atoms with van der Waals surface area (Å²) in [5, 5.41) is 4.43. The van der Waals surface area contributed by atoms with Crippen LogP contribution < -0.4 is 14.4 Å². The summed E-state index contributed by atoms with van der Waals surface area (Å²) in [4.78, 5) is 1.92. The van der Waals surface area contributed by atoms with Crippen LogP contribution in [0.15, 0.2) is 28.7 Å². The Bertz CT molecular complexity index is 675. The van der Waals surface area contributed by atoms with Crippen LogP contribution in [0, 0.1) is 4.84 Å². The minimum absolute atomic E-state index is 0.262. The van der Waals surface area contributed by atoms with Crippen molar-refractivity contribution in [2.24, 2.45) is 0 Å². The van der Waals surface area contributed by atoms with E-state index in [0.29, 0.717) is 10.7 Å². The maximum atomic E-state index is 5.67. The van der Waals surface area contributed by atoms with E-state index in [9.17, 15) is 0 Å². The summed E-state index contributed by atoms with van der Waals surface area (Å²) < 4.78 is 18.1. The van der Waals surface area contributed by atoms with Crippen molar-refractivity contribution in [2.45, 2.75) is 32.5 Å². The third-order valence-corrected chi connectivity index (χ3v) is 4.30. The quantitative estimate of drug-likeness (QED) is 0.816. The highest BCUT2D eigenvalue weighted by molar-refractivity contribution is 7.71. The number of quaternary nitrogens is 1. The predicted octanol–water partition coefficient (Wildman–Crippen LogP) is 1.82. The fourth-order valence-corrected chi connectivity index (χ4v) is 2.95. The van der Waals surface area contributed by atoms with Crippen LogP contribution in [-0.4, -0.2) is 30.0 Å². The first-order valence-corrected chi connectivity index (χ1v) is 8.32. The van der Waals surface area contributed by atoms with Gasteiger partial charge in [-0.2, -0.15) is 4.68 Å². The highest BCUT2D eigenvalue weighted by atomic mass is 32.1. The van der Waals surface area contributed by atoms with Crippen LogP contribution >= 0.6 is 12.2 Å². The topological polar surface area (TPSA) is 53.9 Å². The molecule has 1 fully saturated rings. The maximum absolute atomic E-state index is 5.67. The number of aromatic nitrogens is 2. The second-order valence-corrected chi connectivity index (χ2v) is 6.04. The second-order valence-electron chi connectivity index (χ2n) is 5.69. The Kier molecular flexibility index (Phi) is 5.30. The zero-order valence-corrected chi connectivity index (χ0v) is 14.1. The number of nitrogens with zero attached hydrogens (tertiary/aromatic N) is 2. The van der Waals surface area contributed by atoms with Gasteiger partial charge in [-0.05, 0) is 55.7 Å². The van der Waals surface area contributed by atoms with E-state index in [1.54, 1.807) is 11.8 Å². The SMILES string of the molecule is COc1ccc(OCc2nn(C[NH+]3CCCCC3)c(=S)o2)cc1. The number of hydrogen-bond acceptors (Lipinski definition) is 5. The summed E-state index contributed by atoms with van der Waals surface area (Å²) in [5.74, 6) is 2.04. The molecule has 1 aromatic heterocycles. The molecule has 0 aliphatic carbocycles. The van der Waals surface area contributed by atoms with Gasteiger partial charge in [0, 0.05) is 0 Å². The van der Waals surface area contributed by atoms with Crippen molar-refractivity contribution < 1.29 is 18.8 Å². The normalized spacial score (nSPS) is 15.5. The molecule has 2 aromatic rings. The summed E-state index contributed by atoms with van der Waals surface area (Å²) in [6, 6.07) is 7.40. The number of ether oxygens (including phenoxy) is 2. The van der Waals surface area contributed by atoms with Crippen molar-refractivity contribution in [3.63, 3.8) is 0 Å². The molecule has 7 heteroatoms. The molecule has 124 valence electrons. The number of nitrogens with one attached hydrogen (secondary N) is 1. The van der Waals surface area contributed by atoms with Crippen LogP contribution in [-0.2, 0) is 13.3 Å². The molecule has 0 radical (unpaired) electrons. The zero-order valence-electron chi connectivity index (χ0n) is 13.3. The van der Waals surface area contributed by atoms with Gasteiger partial charge in [-0.25, -0.2) is 0 Å². The number of likely N-dealkylation sites (tertiary alicyclic amines) is 1. The molecule has 3 rings (SSSR count). The van der Waals surface area contributed by atoms with Gasteiger partial charge in [-0.15, -0.1) is 5.10 Å². The van der Waals surface area contributed by atoms with E-state index >= 15 is 0 Å². The fourth-order valence-electron chi connectivity index (χ4n) is 2.75. The molecule has 0 bridgehead atoms. The third-order valence-electron chi connectivity index (χ3n) is 4.00. The van der Waals surface area contributed by atoms with Gasteiger partial charge in [0.2, 0.25) is 0 Å². The molecule has 1 aromatic carbocycles. The molecule has 0 atom stereocenters. The Morgan fingerprint density at radius 1 is 1.17 bits per heavy atom. The van der Waals surface area contributed by atoms with Crippen molar-refractivity contribution in [3.8, 4) is 11.5 Å². The lowest BCUT2D eigenvalue weighted by Crippen LogP contribution is -3.12. The molecule has 6 nitrogen and oxygen atoms in total. The van der Waals surface area contributed by atoms with E-state index in [4.69, 9.17) is 26.1 Å². The van der Waals surface area contributed by atoms with E-state index in [-0.39, 0.29) is 6.61 Å². The first kappa shape index (κ1) is 16.0. The third kappa shape index (κ3) is 4.33.